The molecule has 3 nitrogen and oxygen atoms in total. The standard InChI is InChI=1S/C18H25NO2/c1-4-9-16(5-2)19-18(21)17-12-8-11-15(14(17)3)10-6-7-13-20/h8,11-12,16,20H,4-5,7,9,13H2,1-3H3,(H,19,21). The first kappa shape index (κ1) is 17.3. The van der Waals surface area contributed by atoms with E-state index in [2.05, 4.69) is 31.0 Å². The molecule has 0 saturated carbocycles. The second kappa shape index (κ2) is 9.20. The number of benzene rings is 1. The topological polar surface area (TPSA) is 49.3 Å². The summed E-state index contributed by atoms with van der Waals surface area (Å²) >= 11 is 0. The Bertz CT molecular complexity index is 526. The lowest BCUT2D eigenvalue weighted by Crippen LogP contribution is -2.34. The van der Waals surface area contributed by atoms with Crippen molar-refractivity contribution in [2.45, 2.75) is 52.5 Å². The molecular weight excluding hydrogens is 262 g/mol. The SMILES string of the molecule is CCCC(CC)NC(=O)c1cccc(C#CCCO)c1C. The molecule has 0 saturated heterocycles. The molecule has 0 aliphatic rings. The van der Waals surface area contributed by atoms with Crippen LogP contribution in [0.3, 0.4) is 0 Å². The van der Waals surface area contributed by atoms with Gasteiger partial charge in [-0.25, -0.2) is 0 Å². The minimum Gasteiger partial charge on any atom is -0.395 e. The summed E-state index contributed by atoms with van der Waals surface area (Å²) in [5.74, 6) is 5.88. The Morgan fingerprint density at radius 3 is 2.76 bits per heavy atom. The Labute approximate surface area is 127 Å². The fraction of sp³-hybridized carbons (Fsp3) is 0.500. The summed E-state index contributed by atoms with van der Waals surface area (Å²) in [6.45, 7) is 6.18. The average Bonchev–Trinajstić information content (AvgIpc) is 2.48. The van der Waals surface area contributed by atoms with Crippen molar-refractivity contribution in [2.24, 2.45) is 0 Å². The maximum Gasteiger partial charge on any atom is 0.251 e. The predicted octanol–water partition coefficient (Wildman–Crippen LogP) is 3.04. The van der Waals surface area contributed by atoms with Crippen molar-refractivity contribution < 1.29 is 9.90 Å². The van der Waals surface area contributed by atoms with Gasteiger partial charge in [-0.15, -0.1) is 0 Å². The summed E-state index contributed by atoms with van der Waals surface area (Å²) in [5, 5.41) is 11.9. The van der Waals surface area contributed by atoms with Gasteiger partial charge in [-0.05, 0) is 37.5 Å². The molecule has 1 aromatic rings. The van der Waals surface area contributed by atoms with Gasteiger partial charge in [0, 0.05) is 23.6 Å². The van der Waals surface area contributed by atoms with Gasteiger partial charge in [0.1, 0.15) is 0 Å². The lowest BCUT2D eigenvalue weighted by atomic mass is 10.0. The van der Waals surface area contributed by atoms with Gasteiger partial charge in [0.15, 0.2) is 0 Å². The van der Waals surface area contributed by atoms with E-state index in [0.717, 1.165) is 30.4 Å². The van der Waals surface area contributed by atoms with E-state index in [1.54, 1.807) is 0 Å². The normalized spacial score (nSPS) is 11.4. The Balaban J connectivity index is 2.90. The van der Waals surface area contributed by atoms with Crippen LogP contribution in [0.4, 0.5) is 0 Å². The molecule has 1 atom stereocenters. The van der Waals surface area contributed by atoms with E-state index in [9.17, 15) is 4.79 Å². The third kappa shape index (κ3) is 5.24. The fourth-order valence-corrected chi connectivity index (χ4v) is 2.22. The summed E-state index contributed by atoms with van der Waals surface area (Å²) in [5.41, 5.74) is 2.42. The van der Waals surface area contributed by atoms with Crippen LogP contribution in [0.25, 0.3) is 0 Å². The van der Waals surface area contributed by atoms with Crippen LogP contribution >= 0.6 is 0 Å². The smallest absolute Gasteiger partial charge is 0.251 e. The monoisotopic (exact) mass is 287 g/mol. The molecule has 0 aromatic heterocycles. The predicted molar refractivity (Wildman–Crippen MR) is 86.2 cm³/mol. The maximum absolute atomic E-state index is 12.4. The third-order valence-electron chi connectivity index (χ3n) is 3.50. The summed E-state index contributed by atoms with van der Waals surface area (Å²) in [6.07, 6.45) is 3.45. The van der Waals surface area contributed by atoms with Crippen molar-refractivity contribution >= 4 is 5.91 Å². The molecule has 0 aliphatic carbocycles. The molecule has 114 valence electrons. The largest absolute Gasteiger partial charge is 0.395 e. The molecule has 1 rings (SSSR count). The lowest BCUT2D eigenvalue weighted by Gasteiger charge is -2.17. The van der Waals surface area contributed by atoms with Crippen LogP contribution in [0.1, 0.15) is 61.0 Å². The van der Waals surface area contributed by atoms with E-state index >= 15 is 0 Å². The molecule has 1 unspecified atom stereocenters. The minimum absolute atomic E-state index is 0.0291. The van der Waals surface area contributed by atoms with Gasteiger partial charge < -0.3 is 10.4 Å². The van der Waals surface area contributed by atoms with Gasteiger partial charge in [0.05, 0.1) is 6.61 Å². The molecule has 21 heavy (non-hydrogen) atoms. The highest BCUT2D eigenvalue weighted by molar-refractivity contribution is 5.96. The molecule has 0 heterocycles. The first-order valence-electron chi connectivity index (χ1n) is 7.64. The van der Waals surface area contributed by atoms with E-state index in [0.29, 0.717) is 12.0 Å². The Hall–Kier alpha value is -1.79. The molecule has 3 heteroatoms. The van der Waals surface area contributed by atoms with E-state index in [4.69, 9.17) is 5.11 Å². The van der Waals surface area contributed by atoms with E-state index in [1.807, 2.05) is 25.1 Å². The first-order chi connectivity index (χ1) is 10.1. The van der Waals surface area contributed by atoms with Crippen molar-refractivity contribution in [3.05, 3.63) is 34.9 Å². The second-order valence-electron chi connectivity index (χ2n) is 5.12. The van der Waals surface area contributed by atoms with Crippen molar-refractivity contribution in [1.29, 1.82) is 0 Å². The van der Waals surface area contributed by atoms with Gasteiger partial charge in [-0.1, -0.05) is 38.2 Å². The average molecular weight is 287 g/mol. The highest BCUT2D eigenvalue weighted by Gasteiger charge is 2.14. The number of hydrogen-bond donors (Lipinski definition) is 2. The lowest BCUT2D eigenvalue weighted by molar-refractivity contribution is 0.0933. The number of nitrogens with one attached hydrogen (secondary N) is 1. The van der Waals surface area contributed by atoms with E-state index in [-0.39, 0.29) is 18.6 Å². The van der Waals surface area contributed by atoms with Gasteiger partial charge in [0.25, 0.3) is 5.91 Å². The molecule has 0 fully saturated rings. The van der Waals surface area contributed by atoms with Crippen LogP contribution in [0.2, 0.25) is 0 Å². The summed E-state index contributed by atoms with van der Waals surface area (Å²) in [7, 11) is 0. The van der Waals surface area contributed by atoms with Crippen molar-refractivity contribution in [3.8, 4) is 11.8 Å². The summed E-state index contributed by atoms with van der Waals surface area (Å²) in [4.78, 5) is 12.4. The van der Waals surface area contributed by atoms with E-state index < -0.39 is 0 Å². The van der Waals surface area contributed by atoms with Crippen LogP contribution in [0, 0.1) is 18.8 Å². The molecule has 1 amide bonds. The van der Waals surface area contributed by atoms with Gasteiger partial charge >= 0.3 is 0 Å². The molecule has 1 aromatic carbocycles. The molecule has 0 radical (unpaired) electrons. The number of carbonyl (C=O) groups excluding carboxylic acids is 1. The Kier molecular flexibility index (Phi) is 7.56. The summed E-state index contributed by atoms with van der Waals surface area (Å²) in [6, 6.07) is 5.82. The zero-order valence-corrected chi connectivity index (χ0v) is 13.2. The number of aliphatic hydroxyl groups excluding tert-OH is 1. The van der Waals surface area contributed by atoms with Crippen molar-refractivity contribution in [1.82, 2.24) is 5.32 Å². The second-order valence-corrected chi connectivity index (χ2v) is 5.12. The quantitative estimate of drug-likeness (QED) is 0.790. The zero-order chi connectivity index (χ0) is 15.7. The maximum atomic E-state index is 12.4. The van der Waals surface area contributed by atoms with E-state index in [1.165, 1.54) is 0 Å². The zero-order valence-electron chi connectivity index (χ0n) is 13.2. The molecular formula is C18H25NO2. The molecule has 0 bridgehead atoms. The number of carbonyl (C=O) groups is 1. The Morgan fingerprint density at radius 2 is 2.14 bits per heavy atom. The van der Waals surface area contributed by atoms with Gasteiger partial charge in [-0.3, -0.25) is 4.79 Å². The van der Waals surface area contributed by atoms with Crippen LogP contribution < -0.4 is 5.32 Å². The molecule has 2 N–H and O–H groups in total. The highest BCUT2D eigenvalue weighted by atomic mass is 16.2. The third-order valence-corrected chi connectivity index (χ3v) is 3.50. The first-order valence-corrected chi connectivity index (χ1v) is 7.64. The minimum atomic E-state index is -0.0291. The van der Waals surface area contributed by atoms with Crippen LogP contribution in [-0.2, 0) is 0 Å². The molecule has 0 aliphatic heterocycles. The van der Waals surface area contributed by atoms with Crippen LogP contribution in [-0.4, -0.2) is 23.7 Å². The van der Waals surface area contributed by atoms with Gasteiger partial charge in [-0.2, -0.15) is 0 Å². The van der Waals surface area contributed by atoms with Crippen LogP contribution in [0.15, 0.2) is 18.2 Å². The number of aliphatic hydroxyl groups is 1. The summed E-state index contributed by atoms with van der Waals surface area (Å²) < 4.78 is 0. The number of amides is 1. The number of rotatable bonds is 6. The van der Waals surface area contributed by atoms with Crippen molar-refractivity contribution in [2.75, 3.05) is 6.61 Å². The van der Waals surface area contributed by atoms with Crippen molar-refractivity contribution in [3.63, 3.8) is 0 Å². The Morgan fingerprint density at radius 1 is 1.38 bits per heavy atom. The highest BCUT2D eigenvalue weighted by Crippen LogP contribution is 2.14. The number of hydrogen-bond acceptors (Lipinski definition) is 2. The molecule has 0 spiro atoms. The fourth-order valence-electron chi connectivity index (χ4n) is 2.22. The van der Waals surface area contributed by atoms with Gasteiger partial charge in [0.2, 0.25) is 0 Å². The van der Waals surface area contributed by atoms with Crippen LogP contribution in [0.5, 0.6) is 0 Å².